The molecule has 0 aromatic rings. The lowest BCUT2D eigenvalue weighted by Gasteiger charge is -2.60. The van der Waals surface area contributed by atoms with Crippen LogP contribution in [0.25, 0.3) is 0 Å². The van der Waals surface area contributed by atoms with Crippen molar-refractivity contribution in [2.24, 2.45) is 17.1 Å². The summed E-state index contributed by atoms with van der Waals surface area (Å²) in [6, 6.07) is 0.586. The molecule has 0 aromatic carbocycles. The summed E-state index contributed by atoms with van der Waals surface area (Å²) in [5.74, 6) is 0.733. The van der Waals surface area contributed by atoms with Crippen LogP contribution in [0.1, 0.15) is 54.4 Å². The van der Waals surface area contributed by atoms with Crippen LogP contribution < -0.4 is 5.73 Å². The van der Waals surface area contributed by atoms with Gasteiger partial charge in [0.15, 0.2) is 0 Å². The summed E-state index contributed by atoms with van der Waals surface area (Å²) >= 11 is 0. The van der Waals surface area contributed by atoms with Gasteiger partial charge in [-0.25, -0.2) is 0 Å². The molecule has 3 heteroatoms. The quantitative estimate of drug-likeness (QED) is 0.773. The van der Waals surface area contributed by atoms with Gasteiger partial charge in [0.25, 0.3) is 0 Å². The van der Waals surface area contributed by atoms with Crippen LogP contribution in [-0.4, -0.2) is 42.8 Å². The fourth-order valence-corrected chi connectivity index (χ4v) is 3.24. The van der Waals surface area contributed by atoms with Crippen molar-refractivity contribution in [2.75, 3.05) is 20.2 Å². The zero-order chi connectivity index (χ0) is 14.8. The molecule has 1 saturated carbocycles. The van der Waals surface area contributed by atoms with Gasteiger partial charge >= 0.3 is 0 Å². The zero-order valence-electron chi connectivity index (χ0n) is 14.0. The van der Waals surface area contributed by atoms with E-state index >= 15 is 0 Å². The summed E-state index contributed by atoms with van der Waals surface area (Å²) in [5.41, 5.74) is 6.60. The summed E-state index contributed by atoms with van der Waals surface area (Å²) < 4.78 is 5.80. The molecule has 1 aliphatic rings. The number of likely N-dealkylation sites (N-methyl/N-ethyl adjacent to an activating group) is 1. The average Bonchev–Trinajstić information content (AvgIpc) is 2.27. The van der Waals surface area contributed by atoms with Crippen LogP contribution in [0, 0.1) is 11.3 Å². The smallest absolute Gasteiger partial charge is 0.0662 e. The molecule has 0 heterocycles. The standard InChI is InChI=1S/C16H34N2O/c1-8-19-14-10-16(17,15(14,5)6)11-18(7)13(4)9-12(2)3/h12-14H,8-11,17H2,1-7H3. The van der Waals surface area contributed by atoms with Crippen molar-refractivity contribution in [2.45, 2.75) is 72.1 Å². The van der Waals surface area contributed by atoms with Gasteiger partial charge in [-0.2, -0.15) is 0 Å². The SMILES string of the molecule is CCOC1CC(N)(CN(C)C(C)CC(C)C)C1(C)C. The van der Waals surface area contributed by atoms with Crippen LogP contribution in [0.3, 0.4) is 0 Å². The van der Waals surface area contributed by atoms with E-state index in [9.17, 15) is 0 Å². The van der Waals surface area contributed by atoms with E-state index in [0.29, 0.717) is 12.1 Å². The molecule has 114 valence electrons. The Balaban J connectivity index is 2.57. The molecule has 0 spiro atoms. The Morgan fingerprint density at radius 1 is 1.32 bits per heavy atom. The first kappa shape index (κ1) is 16.9. The largest absolute Gasteiger partial charge is 0.378 e. The van der Waals surface area contributed by atoms with Crippen LogP contribution >= 0.6 is 0 Å². The van der Waals surface area contributed by atoms with Gasteiger partial charge in [-0.3, -0.25) is 0 Å². The highest BCUT2D eigenvalue weighted by Gasteiger charge is 2.58. The van der Waals surface area contributed by atoms with E-state index in [2.05, 4.69) is 53.5 Å². The van der Waals surface area contributed by atoms with E-state index in [-0.39, 0.29) is 11.0 Å². The molecule has 0 bridgehead atoms. The van der Waals surface area contributed by atoms with E-state index in [0.717, 1.165) is 25.5 Å². The van der Waals surface area contributed by atoms with Crippen molar-refractivity contribution in [1.29, 1.82) is 0 Å². The number of rotatable bonds is 7. The molecule has 0 aliphatic heterocycles. The van der Waals surface area contributed by atoms with Crippen molar-refractivity contribution < 1.29 is 4.74 Å². The Morgan fingerprint density at radius 2 is 1.89 bits per heavy atom. The third kappa shape index (κ3) is 3.50. The third-order valence-electron chi connectivity index (χ3n) is 5.10. The normalized spacial score (nSPS) is 31.6. The van der Waals surface area contributed by atoms with Gasteiger partial charge in [-0.1, -0.05) is 27.7 Å². The molecule has 2 N–H and O–H groups in total. The van der Waals surface area contributed by atoms with Gasteiger partial charge in [0, 0.05) is 30.1 Å². The van der Waals surface area contributed by atoms with Crippen LogP contribution in [-0.2, 0) is 4.74 Å². The number of hydrogen-bond acceptors (Lipinski definition) is 3. The lowest BCUT2D eigenvalue weighted by Crippen LogP contribution is -2.73. The molecule has 0 radical (unpaired) electrons. The minimum Gasteiger partial charge on any atom is -0.378 e. The first-order chi connectivity index (χ1) is 8.64. The van der Waals surface area contributed by atoms with Gasteiger partial charge in [0.1, 0.15) is 0 Å². The highest BCUT2D eigenvalue weighted by molar-refractivity contribution is 5.14. The average molecular weight is 270 g/mol. The predicted octanol–water partition coefficient (Wildman–Crippen LogP) is 2.89. The second kappa shape index (κ2) is 6.11. The lowest BCUT2D eigenvalue weighted by molar-refractivity contribution is -0.157. The number of nitrogens with two attached hydrogens (primary N) is 1. The maximum Gasteiger partial charge on any atom is 0.0662 e. The fraction of sp³-hybridized carbons (Fsp3) is 1.00. The van der Waals surface area contributed by atoms with Gasteiger partial charge in [0.2, 0.25) is 0 Å². The minimum atomic E-state index is -0.118. The Kier molecular flexibility index (Phi) is 5.44. The summed E-state index contributed by atoms with van der Waals surface area (Å²) in [7, 11) is 2.20. The molecule has 0 amide bonds. The lowest BCUT2D eigenvalue weighted by atomic mass is 9.54. The zero-order valence-corrected chi connectivity index (χ0v) is 14.0. The predicted molar refractivity (Wildman–Crippen MR) is 82.3 cm³/mol. The molecular weight excluding hydrogens is 236 g/mol. The minimum absolute atomic E-state index is 0.0643. The first-order valence-electron chi connectivity index (χ1n) is 7.74. The molecule has 1 fully saturated rings. The Bertz CT molecular complexity index is 290. The van der Waals surface area contributed by atoms with Crippen LogP contribution in [0.2, 0.25) is 0 Å². The summed E-state index contributed by atoms with van der Waals surface area (Å²) in [4.78, 5) is 2.42. The Labute approximate surface area is 119 Å². The molecule has 3 nitrogen and oxygen atoms in total. The molecule has 19 heavy (non-hydrogen) atoms. The van der Waals surface area contributed by atoms with Gasteiger partial charge < -0.3 is 15.4 Å². The molecule has 0 saturated heterocycles. The van der Waals surface area contributed by atoms with Gasteiger partial charge in [0.05, 0.1) is 6.10 Å². The molecule has 1 aliphatic carbocycles. The third-order valence-corrected chi connectivity index (χ3v) is 5.10. The summed E-state index contributed by atoms with van der Waals surface area (Å²) in [6.45, 7) is 15.1. The van der Waals surface area contributed by atoms with Crippen LogP contribution in [0.15, 0.2) is 0 Å². The summed E-state index contributed by atoms with van der Waals surface area (Å²) in [5, 5.41) is 0. The second-order valence-electron chi connectivity index (χ2n) is 7.42. The van der Waals surface area contributed by atoms with Crippen molar-refractivity contribution in [1.82, 2.24) is 4.90 Å². The number of nitrogens with zero attached hydrogens (tertiary/aromatic N) is 1. The molecule has 3 unspecified atom stereocenters. The van der Waals surface area contributed by atoms with Gasteiger partial charge in [-0.05, 0) is 39.7 Å². The molecule has 1 rings (SSSR count). The molecular formula is C16H34N2O. The van der Waals surface area contributed by atoms with E-state index in [1.165, 1.54) is 6.42 Å². The highest BCUT2D eigenvalue weighted by Crippen LogP contribution is 2.50. The topological polar surface area (TPSA) is 38.5 Å². The van der Waals surface area contributed by atoms with E-state index < -0.39 is 0 Å². The highest BCUT2D eigenvalue weighted by atomic mass is 16.5. The fourth-order valence-electron chi connectivity index (χ4n) is 3.24. The maximum absolute atomic E-state index is 6.65. The van der Waals surface area contributed by atoms with E-state index in [4.69, 9.17) is 10.5 Å². The second-order valence-corrected chi connectivity index (χ2v) is 7.42. The van der Waals surface area contributed by atoms with Gasteiger partial charge in [-0.15, -0.1) is 0 Å². The number of ether oxygens (including phenoxy) is 1. The number of hydrogen-bond donors (Lipinski definition) is 1. The molecule has 0 aromatic heterocycles. The summed E-state index contributed by atoms with van der Waals surface area (Å²) in [6.07, 6.45) is 2.52. The molecule has 3 atom stereocenters. The van der Waals surface area contributed by atoms with Crippen molar-refractivity contribution in [3.63, 3.8) is 0 Å². The van der Waals surface area contributed by atoms with E-state index in [1.807, 2.05) is 0 Å². The van der Waals surface area contributed by atoms with Crippen molar-refractivity contribution in [3.05, 3.63) is 0 Å². The van der Waals surface area contributed by atoms with Crippen LogP contribution in [0.4, 0.5) is 0 Å². The maximum atomic E-state index is 6.65. The monoisotopic (exact) mass is 270 g/mol. The van der Waals surface area contributed by atoms with E-state index in [1.54, 1.807) is 0 Å². The van der Waals surface area contributed by atoms with Crippen LogP contribution in [0.5, 0.6) is 0 Å². The Morgan fingerprint density at radius 3 is 2.32 bits per heavy atom. The van der Waals surface area contributed by atoms with Crippen molar-refractivity contribution in [3.8, 4) is 0 Å². The van der Waals surface area contributed by atoms with Crippen molar-refractivity contribution >= 4 is 0 Å². The Hall–Kier alpha value is -0.120. The first-order valence-corrected chi connectivity index (χ1v) is 7.74.